The van der Waals surface area contributed by atoms with Gasteiger partial charge in [0.2, 0.25) is 0 Å². The van der Waals surface area contributed by atoms with Crippen LogP contribution in [0.15, 0.2) is 22.2 Å². The van der Waals surface area contributed by atoms with Gasteiger partial charge in [0.15, 0.2) is 0 Å². The van der Waals surface area contributed by atoms with Crippen molar-refractivity contribution in [2.24, 2.45) is 7.05 Å². The van der Waals surface area contributed by atoms with Crippen LogP contribution in [0.2, 0.25) is 5.15 Å². The molecule has 0 saturated carbocycles. The molecule has 0 aromatic carbocycles. The van der Waals surface area contributed by atoms with Crippen molar-refractivity contribution in [3.05, 3.63) is 44.2 Å². The number of hydrogen-bond donors (Lipinski definition) is 0. The van der Waals surface area contributed by atoms with Gasteiger partial charge in [-0.3, -0.25) is 13.9 Å². The summed E-state index contributed by atoms with van der Waals surface area (Å²) in [5.74, 6) is 0. The highest BCUT2D eigenvalue weighted by molar-refractivity contribution is 6.30. The molecule has 0 aliphatic rings. The second kappa shape index (κ2) is 5.16. The van der Waals surface area contributed by atoms with Crippen LogP contribution in [0.1, 0.15) is 18.9 Å². The van der Waals surface area contributed by atoms with Crippen LogP contribution in [-0.4, -0.2) is 9.13 Å². The molecule has 0 aliphatic carbocycles. The lowest BCUT2D eigenvalue weighted by atomic mass is 10.2. The average molecular weight is 243 g/mol. The molecule has 0 atom stereocenters. The van der Waals surface area contributed by atoms with Gasteiger partial charge in [-0.1, -0.05) is 31.0 Å². The maximum Gasteiger partial charge on any atom is 0.332 e. The first-order chi connectivity index (χ1) is 7.54. The molecule has 0 fully saturated rings. The topological polar surface area (TPSA) is 44.0 Å². The maximum atomic E-state index is 11.8. The molecule has 0 amide bonds. The van der Waals surface area contributed by atoms with Gasteiger partial charge in [0.1, 0.15) is 5.15 Å². The van der Waals surface area contributed by atoms with Crippen molar-refractivity contribution in [1.82, 2.24) is 9.13 Å². The Morgan fingerprint density at radius 1 is 1.44 bits per heavy atom. The zero-order valence-corrected chi connectivity index (χ0v) is 10.3. The van der Waals surface area contributed by atoms with E-state index in [-0.39, 0.29) is 10.7 Å². The molecule has 0 saturated heterocycles. The largest absolute Gasteiger partial charge is 0.332 e. The van der Waals surface area contributed by atoms with Gasteiger partial charge in [0.05, 0.1) is 5.56 Å². The van der Waals surface area contributed by atoms with E-state index in [1.54, 1.807) is 6.08 Å². The summed E-state index contributed by atoms with van der Waals surface area (Å²) in [6, 6.07) is 0. The Morgan fingerprint density at radius 2 is 2.06 bits per heavy atom. The molecule has 0 unspecified atom stereocenters. The van der Waals surface area contributed by atoms with Crippen molar-refractivity contribution in [1.29, 1.82) is 0 Å². The quantitative estimate of drug-likeness (QED) is 0.591. The highest BCUT2D eigenvalue weighted by atomic mass is 35.5. The van der Waals surface area contributed by atoms with Crippen LogP contribution >= 0.6 is 11.6 Å². The fourth-order valence-corrected chi connectivity index (χ4v) is 1.87. The van der Waals surface area contributed by atoms with E-state index in [2.05, 4.69) is 6.58 Å². The molecule has 16 heavy (non-hydrogen) atoms. The summed E-state index contributed by atoms with van der Waals surface area (Å²) in [4.78, 5) is 23.5. The van der Waals surface area contributed by atoms with Crippen LogP contribution in [0.25, 0.3) is 0 Å². The Balaban J connectivity index is 3.58. The highest BCUT2D eigenvalue weighted by Crippen LogP contribution is 2.11. The van der Waals surface area contributed by atoms with E-state index in [4.69, 9.17) is 11.6 Å². The van der Waals surface area contributed by atoms with Crippen molar-refractivity contribution in [3.63, 3.8) is 0 Å². The Kier molecular flexibility index (Phi) is 4.12. The molecule has 88 valence electrons. The van der Waals surface area contributed by atoms with Gasteiger partial charge in [-0.2, -0.15) is 0 Å². The van der Waals surface area contributed by atoms with E-state index in [0.29, 0.717) is 18.5 Å². The molecule has 1 aromatic rings. The Bertz CT molecular complexity index is 514. The van der Waals surface area contributed by atoms with Gasteiger partial charge < -0.3 is 0 Å². The second-order valence-electron chi connectivity index (χ2n) is 3.57. The third-order valence-electron chi connectivity index (χ3n) is 2.38. The SMILES string of the molecule is C=CCn1c(Cl)c(CCC)c(=O)n(C)c1=O. The van der Waals surface area contributed by atoms with E-state index in [0.717, 1.165) is 11.0 Å². The minimum absolute atomic E-state index is 0.231. The third-order valence-corrected chi connectivity index (χ3v) is 2.81. The normalized spacial score (nSPS) is 10.4. The van der Waals surface area contributed by atoms with Crippen molar-refractivity contribution in [3.8, 4) is 0 Å². The van der Waals surface area contributed by atoms with E-state index in [1.807, 2.05) is 6.92 Å². The Hall–Kier alpha value is -1.29. The third kappa shape index (κ3) is 2.11. The zero-order chi connectivity index (χ0) is 12.3. The van der Waals surface area contributed by atoms with Gasteiger partial charge in [-0.05, 0) is 6.42 Å². The van der Waals surface area contributed by atoms with Gasteiger partial charge in [0.25, 0.3) is 5.56 Å². The standard InChI is InChI=1S/C11H15ClN2O2/c1-4-6-8-9(12)14(7-5-2)11(16)13(3)10(8)15/h5H,2,4,6-7H2,1,3H3. The minimum Gasteiger partial charge on any atom is -0.280 e. The summed E-state index contributed by atoms with van der Waals surface area (Å²) < 4.78 is 2.43. The minimum atomic E-state index is -0.408. The summed E-state index contributed by atoms with van der Waals surface area (Å²) in [6.07, 6.45) is 2.96. The fourth-order valence-electron chi connectivity index (χ4n) is 1.55. The second-order valence-corrected chi connectivity index (χ2v) is 3.92. The van der Waals surface area contributed by atoms with E-state index in [9.17, 15) is 9.59 Å². The first-order valence-corrected chi connectivity index (χ1v) is 5.51. The van der Waals surface area contributed by atoms with E-state index in [1.165, 1.54) is 11.6 Å². The molecule has 0 N–H and O–H groups in total. The van der Waals surface area contributed by atoms with Gasteiger partial charge in [-0.25, -0.2) is 4.79 Å². The molecular formula is C11H15ClN2O2. The van der Waals surface area contributed by atoms with Crippen LogP contribution in [0, 0.1) is 0 Å². The predicted octanol–water partition coefficient (Wildman–Crippen LogP) is 1.34. The molecule has 1 aromatic heterocycles. The first kappa shape index (κ1) is 12.8. The lowest BCUT2D eigenvalue weighted by Crippen LogP contribution is -2.40. The molecule has 0 bridgehead atoms. The number of hydrogen-bond acceptors (Lipinski definition) is 2. The molecule has 0 radical (unpaired) electrons. The summed E-state index contributed by atoms with van der Waals surface area (Å²) in [5, 5.41) is 0.231. The van der Waals surface area contributed by atoms with Crippen molar-refractivity contribution >= 4 is 11.6 Å². The van der Waals surface area contributed by atoms with Crippen LogP contribution in [-0.2, 0) is 20.0 Å². The number of rotatable bonds is 4. The zero-order valence-electron chi connectivity index (χ0n) is 9.49. The highest BCUT2D eigenvalue weighted by Gasteiger charge is 2.14. The molecule has 5 heteroatoms. The van der Waals surface area contributed by atoms with Crippen LogP contribution < -0.4 is 11.2 Å². The van der Waals surface area contributed by atoms with E-state index < -0.39 is 5.69 Å². The predicted molar refractivity (Wildman–Crippen MR) is 65.1 cm³/mol. The summed E-state index contributed by atoms with van der Waals surface area (Å²) >= 11 is 6.05. The number of aromatic nitrogens is 2. The molecule has 1 heterocycles. The van der Waals surface area contributed by atoms with E-state index >= 15 is 0 Å². The monoisotopic (exact) mass is 242 g/mol. The smallest absolute Gasteiger partial charge is 0.280 e. The van der Waals surface area contributed by atoms with Crippen molar-refractivity contribution in [2.75, 3.05) is 0 Å². The average Bonchev–Trinajstić information content (AvgIpc) is 2.28. The molecule has 1 rings (SSSR count). The van der Waals surface area contributed by atoms with Crippen LogP contribution in [0.4, 0.5) is 0 Å². The maximum absolute atomic E-state index is 11.8. The first-order valence-electron chi connectivity index (χ1n) is 5.13. The number of allylic oxidation sites excluding steroid dienone is 1. The molecular weight excluding hydrogens is 228 g/mol. The van der Waals surface area contributed by atoms with Crippen molar-refractivity contribution < 1.29 is 0 Å². The Labute approximate surface area is 98.8 Å². The fraction of sp³-hybridized carbons (Fsp3) is 0.455. The van der Waals surface area contributed by atoms with Gasteiger partial charge in [-0.15, -0.1) is 6.58 Å². The lowest BCUT2D eigenvalue weighted by molar-refractivity contribution is 0.637. The summed E-state index contributed by atoms with van der Waals surface area (Å²) in [5.41, 5.74) is -0.222. The number of nitrogens with zero attached hydrogens (tertiary/aromatic N) is 2. The molecule has 0 spiro atoms. The van der Waals surface area contributed by atoms with Crippen LogP contribution in [0.5, 0.6) is 0 Å². The Morgan fingerprint density at radius 3 is 2.56 bits per heavy atom. The lowest BCUT2D eigenvalue weighted by Gasteiger charge is -2.11. The summed E-state index contributed by atoms with van der Waals surface area (Å²) in [7, 11) is 1.46. The number of halogens is 1. The molecule has 4 nitrogen and oxygen atoms in total. The molecule has 0 aliphatic heterocycles. The van der Waals surface area contributed by atoms with Crippen LogP contribution in [0.3, 0.4) is 0 Å². The van der Waals surface area contributed by atoms with Crippen molar-refractivity contribution in [2.45, 2.75) is 26.3 Å². The van der Waals surface area contributed by atoms with Gasteiger partial charge in [0, 0.05) is 13.6 Å². The van der Waals surface area contributed by atoms with Gasteiger partial charge >= 0.3 is 5.69 Å². The summed E-state index contributed by atoms with van der Waals surface area (Å²) in [6.45, 7) is 5.83.